The number of aliphatic imine (C=N–C) groups is 1. The van der Waals surface area contributed by atoms with Crippen LogP contribution >= 0.6 is 0 Å². The van der Waals surface area contributed by atoms with Crippen molar-refractivity contribution in [3.63, 3.8) is 0 Å². The van der Waals surface area contributed by atoms with Crippen molar-refractivity contribution in [1.82, 2.24) is 0 Å². The molecule has 0 aromatic carbocycles. The summed E-state index contributed by atoms with van der Waals surface area (Å²) >= 11 is 0. The number of dihydropyridines is 1. The number of hydrogen-bond acceptors (Lipinski definition) is 4. The van der Waals surface area contributed by atoms with Gasteiger partial charge in [0.1, 0.15) is 11.4 Å². The molecule has 0 fully saturated rings. The number of nitrogens with zero attached hydrogens (tertiary/aromatic N) is 1. The molecule has 1 heterocycles. The molecule has 83 valence electrons. The van der Waals surface area contributed by atoms with Crippen molar-refractivity contribution in [2.45, 2.75) is 12.8 Å². The monoisotopic (exact) mass is 230 g/mol. The SMILES string of the molecule is [O]CCCCS(=O)(=O)C1=CC=NCC1=O. The third kappa shape index (κ3) is 3.24. The van der Waals surface area contributed by atoms with Crippen LogP contribution in [0.5, 0.6) is 0 Å². The van der Waals surface area contributed by atoms with Crippen molar-refractivity contribution < 1.29 is 18.3 Å². The lowest BCUT2D eigenvalue weighted by molar-refractivity contribution is -0.113. The van der Waals surface area contributed by atoms with Gasteiger partial charge in [0, 0.05) is 6.21 Å². The van der Waals surface area contributed by atoms with Crippen LogP contribution in [0.2, 0.25) is 0 Å². The molecule has 0 aromatic rings. The van der Waals surface area contributed by atoms with E-state index in [0.717, 1.165) is 0 Å². The predicted octanol–water partition coefficient (Wildman–Crippen LogP) is 0.149. The van der Waals surface area contributed by atoms with E-state index in [1.807, 2.05) is 0 Å². The Morgan fingerprint density at radius 2 is 2.07 bits per heavy atom. The van der Waals surface area contributed by atoms with Gasteiger partial charge in [0.15, 0.2) is 15.6 Å². The van der Waals surface area contributed by atoms with E-state index < -0.39 is 15.6 Å². The first kappa shape index (κ1) is 12.1. The smallest absolute Gasteiger partial charge is 0.195 e. The van der Waals surface area contributed by atoms with Gasteiger partial charge in [-0.3, -0.25) is 9.79 Å². The summed E-state index contributed by atoms with van der Waals surface area (Å²) in [6.07, 6.45) is 3.16. The van der Waals surface area contributed by atoms with E-state index in [1.54, 1.807) is 0 Å². The lowest BCUT2D eigenvalue weighted by atomic mass is 10.3. The van der Waals surface area contributed by atoms with Gasteiger partial charge in [0.2, 0.25) is 0 Å². The van der Waals surface area contributed by atoms with Gasteiger partial charge in [-0.05, 0) is 18.9 Å². The number of rotatable bonds is 5. The van der Waals surface area contributed by atoms with Crippen molar-refractivity contribution >= 4 is 21.8 Å². The normalized spacial score (nSPS) is 16.6. The van der Waals surface area contributed by atoms with E-state index in [-0.39, 0.29) is 23.8 Å². The van der Waals surface area contributed by atoms with Crippen molar-refractivity contribution in [3.05, 3.63) is 11.0 Å². The average Bonchev–Trinajstić information content (AvgIpc) is 2.18. The first-order valence-corrected chi connectivity index (χ1v) is 6.27. The zero-order chi connectivity index (χ0) is 11.3. The van der Waals surface area contributed by atoms with Crippen LogP contribution in [0.15, 0.2) is 16.0 Å². The summed E-state index contributed by atoms with van der Waals surface area (Å²) in [5, 5.41) is 10.2. The summed E-state index contributed by atoms with van der Waals surface area (Å²) in [6, 6.07) is 0. The molecule has 0 saturated heterocycles. The third-order valence-corrected chi connectivity index (χ3v) is 3.84. The summed E-state index contributed by atoms with van der Waals surface area (Å²) in [5.74, 6) is -0.611. The number of sulfone groups is 1. The Labute approximate surface area is 88.4 Å². The van der Waals surface area contributed by atoms with E-state index in [1.165, 1.54) is 12.3 Å². The van der Waals surface area contributed by atoms with E-state index in [0.29, 0.717) is 12.8 Å². The number of unbranched alkanes of at least 4 members (excludes halogenated alkanes) is 1. The fraction of sp³-hybridized carbons (Fsp3) is 0.556. The van der Waals surface area contributed by atoms with Gasteiger partial charge in [-0.1, -0.05) is 0 Å². The van der Waals surface area contributed by atoms with E-state index >= 15 is 0 Å². The van der Waals surface area contributed by atoms with Crippen molar-refractivity contribution in [2.24, 2.45) is 4.99 Å². The molecule has 0 amide bonds. The van der Waals surface area contributed by atoms with Gasteiger partial charge in [0.05, 0.1) is 12.4 Å². The molecule has 6 heteroatoms. The van der Waals surface area contributed by atoms with Crippen LogP contribution in [-0.4, -0.2) is 39.3 Å². The Bertz CT molecular complexity index is 394. The Kier molecular flexibility index (Phi) is 4.16. The summed E-state index contributed by atoms with van der Waals surface area (Å²) in [4.78, 5) is 14.7. The molecule has 0 N–H and O–H groups in total. The van der Waals surface area contributed by atoms with Gasteiger partial charge in [-0.2, -0.15) is 0 Å². The van der Waals surface area contributed by atoms with Crippen LogP contribution in [0.1, 0.15) is 12.8 Å². The zero-order valence-electron chi connectivity index (χ0n) is 8.18. The molecule has 1 radical (unpaired) electrons. The third-order valence-electron chi connectivity index (χ3n) is 1.98. The second-order valence-corrected chi connectivity index (χ2v) is 5.25. The molecule has 5 nitrogen and oxygen atoms in total. The minimum atomic E-state index is -3.52. The van der Waals surface area contributed by atoms with Crippen LogP contribution in [0, 0.1) is 0 Å². The maximum absolute atomic E-state index is 11.6. The number of hydrogen-bond donors (Lipinski definition) is 0. The standard InChI is InChI=1S/C9H12NO4S/c11-5-1-2-6-15(13,14)9-3-4-10-7-8(9)12/h3-4H,1-2,5-7H2. The van der Waals surface area contributed by atoms with Gasteiger partial charge in [-0.25, -0.2) is 13.5 Å². The van der Waals surface area contributed by atoms with Crippen LogP contribution in [0.25, 0.3) is 0 Å². The highest BCUT2D eigenvalue weighted by Gasteiger charge is 2.24. The summed E-state index contributed by atoms with van der Waals surface area (Å²) in [7, 11) is -3.52. The lowest BCUT2D eigenvalue weighted by Crippen LogP contribution is -2.21. The maximum Gasteiger partial charge on any atom is 0.195 e. The van der Waals surface area contributed by atoms with E-state index in [4.69, 9.17) is 0 Å². The number of Topliss-reactive ketones (excluding diaryl/α,β-unsaturated/α-hetero) is 1. The first-order chi connectivity index (χ1) is 7.08. The summed E-state index contributed by atoms with van der Waals surface area (Å²) < 4.78 is 23.2. The van der Waals surface area contributed by atoms with Gasteiger partial charge < -0.3 is 0 Å². The molecule has 1 aliphatic heterocycles. The molecule has 0 spiro atoms. The number of carbonyl (C=O) groups is 1. The fourth-order valence-corrected chi connectivity index (χ4v) is 2.69. The molecule has 0 unspecified atom stereocenters. The number of allylic oxidation sites excluding steroid dienone is 1. The molecule has 15 heavy (non-hydrogen) atoms. The summed E-state index contributed by atoms with van der Waals surface area (Å²) in [5.41, 5.74) is 0. The molecule has 0 saturated carbocycles. The highest BCUT2D eigenvalue weighted by molar-refractivity contribution is 7.96. The van der Waals surface area contributed by atoms with E-state index in [9.17, 15) is 18.3 Å². The minimum absolute atomic E-state index is 0.105. The Hall–Kier alpha value is -1.01. The Balaban J connectivity index is 2.72. The highest BCUT2D eigenvalue weighted by Crippen LogP contribution is 2.13. The van der Waals surface area contributed by atoms with Crippen molar-refractivity contribution in [3.8, 4) is 0 Å². The lowest BCUT2D eigenvalue weighted by Gasteiger charge is -2.08. The predicted molar refractivity (Wildman–Crippen MR) is 55.0 cm³/mol. The number of carbonyl (C=O) groups excluding carboxylic acids is 1. The summed E-state index contributed by atoms with van der Waals surface area (Å²) in [6.45, 7) is -0.392. The molecule has 0 bridgehead atoms. The van der Waals surface area contributed by atoms with Gasteiger partial charge >= 0.3 is 0 Å². The Morgan fingerprint density at radius 1 is 1.33 bits per heavy atom. The maximum atomic E-state index is 11.6. The van der Waals surface area contributed by atoms with E-state index in [2.05, 4.69) is 4.99 Å². The van der Waals surface area contributed by atoms with Crippen LogP contribution in [0.3, 0.4) is 0 Å². The molecule has 0 aliphatic carbocycles. The fourth-order valence-electron chi connectivity index (χ4n) is 1.21. The Morgan fingerprint density at radius 3 is 2.67 bits per heavy atom. The topological polar surface area (TPSA) is 83.5 Å². The zero-order valence-corrected chi connectivity index (χ0v) is 9.00. The molecular formula is C9H12NO4S. The highest BCUT2D eigenvalue weighted by atomic mass is 32.2. The molecular weight excluding hydrogens is 218 g/mol. The first-order valence-electron chi connectivity index (χ1n) is 4.62. The van der Waals surface area contributed by atoms with Gasteiger partial charge in [-0.15, -0.1) is 0 Å². The van der Waals surface area contributed by atoms with Crippen LogP contribution in [0.4, 0.5) is 0 Å². The molecule has 0 atom stereocenters. The molecule has 0 aromatic heterocycles. The van der Waals surface area contributed by atoms with Gasteiger partial charge in [0.25, 0.3) is 0 Å². The minimum Gasteiger partial charge on any atom is -0.291 e. The van der Waals surface area contributed by atoms with Crippen LogP contribution < -0.4 is 0 Å². The molecule has 1 rings (SSSR count). The largest absolute Gasteiger partial charge is 0.291 e. The average molecular weight is 230 g/mol. The van der Waals surface area contributed by atoms with Crippen LogP contribution in [-0.2, 0) is 19.7 Å². The molecule has 1 aliphatic rings. The number of ketones is 1. The quantitative estimate of drug-likeness (QED) is 0.630. The second-order valence-electron chi connectivity index (χ2n) is 3.17. The van der Waals surface area contributed by atoms with Crippen molar-refractivity contribution in [1.29, 1.82) is 0 Å². The van der Waals surface area contributed by atoms with Crippen molar-refractivity contribution in [2.75, 3.05) is 18.9 Å². The second kappa shape index (κ2) is 5.18.